The molecule has 0 radical (unpaired) electrons. The highest BCUT2D eigenvalue weighted by molar-refractivity contribution is 6.28. The molecule has 0 amide bonds. The molecule has 18 heavy (non-hydrogen) atoms. The predicted molar refractivity (Wildman–Crippen MR) is 67.2 cm³/mol. The Morgan fingerprint density at radius 1 is 0.944 bits per heavy atom. The van der Waals surface area contributed by atoms with Crippen molar-refractivity contribution < 1.29 is 9.59 Å². The lowest BCUT2D eigenvalue weighted by Crippen LogP contribution is -2.47. The van der Waals surface area contributed by atoms with E-state index in [0.717, 1.165) is 0 Å². The molecule has 2 atom stereocenters. The van der Waals surface area contributed by atoms with Crippen LogP contribution in [0.15, 0.2) is 47.6 Å². The lowest BCUT2D eigenvalue weighted by Gasteiger charge is -2.29. The summed E-state index contributed by atoms with van der Waals surface area (Å²) in [5.41, 5.74) is 13.3. The minimum atomic E-state index is -0.616. The molecule has 2 unspecified atom stereocenters. The van der Waals surface area contributed by atoms with Crippen LogP contribution in [0, 0.1) is 0 Å². The Kier molecular flexibility index (Phi) is 2.29. The second-order valence-electron chi connectivity index (χ2n) is 4.49. The monoisotopic (exact) mass is 240 g/mol. The SMILES string of the molecule is NC1C=CC2=C(C(=O)c3ccccc3C2=O)C1N. The van der Waals surface area contributed by atoms with Gasteiger partial charge in [0, 0.05) is 28.3 Å². The van der Waals surface area contributed by atoms with Gasteiger partial charge in [0.1, 0.15) is 0 Å². The normalized spacial score (nSPS) is 26.1. The van der Waals surface area contributed by atoms with Gasteiger partial charge in [0.2, 0.25) is 0 Å². The fourth-order valence-corrected chi connectivity index (χ4v) is 2.43. The molecule has 1 aromatic carbocycles. The molecular formula is C14H12N2O2. The maximum absolute atomic E-state index is 12.4. The third kappa shape index (κ3) is 1.33. The van der Waals surface area contributed by atoms with E-state index >= 15 is 0 Å². The Balaban J connectivity index is 2.24. The first-order chi connectivity index (χ1) is 8.61. The summed E-state index contributed by atoms with van der Waals surface area (Å²) in [6.07, 6.45) is 3.28. The second kappa shape index (κ2) is 3.73. The number of hydrogen-bond donors (Lipinski definition) is 2. The summed E-state index contributed by atoms with van der Waals surface area (Å²) in [4.78, 5) is 24.7. The van der Waals surface area contributed by atoms with Gasteiger partial charge in [-0.2, -0.15) is 0 Å². The van der Waals surface area contributed by atoms with Crippen LogP contribution in [0.3, 0.4) is 0 Å². The molecule has 4 N–H and O–H groups in total. The number of rotatable bonds is 0. The van der Waals surface area contributed by atoms with Crippen molar-refractivity contribution >= 4 is 11.6 Å². The molecule has 2 aliphatic carbocycles. The lowest BCUT2D eigenvalue weighted by molar-refractivity contribution is 0.0970. The number of Topliss-reactive ketones (excluding diaryl/α,β-unsaturated/α-hetero) is 2. The highest BCUT2D eigenvalue weighted by atomic mass is 16.1. The zero-order valence-corrected chi connectivity index (χ0v) is 9.59. The van der Waals surface area contributed by atoms with Gasteiger partial charge in [-0.1, -0.05) is 36.4 Å². The van der Waals surface area contributed by atoms with Gasteiger partial charge in [-0.3, -0.25) is 9.59 Å². The predicted octanol–water partition coefficient (Wildman–Crippen LogP) is 0.587. The number of allylic oxidation sites excluding steroid dienone is 2. The number of ketones is 2. The van der Waals surface area contributed by atoms with Gasteiger partial charge in [0.15, 0.2) is 11.6 Å². The van der Waals surface area contributed by atoms with Gasteiger partial charge in [-0.05, 0) is 0 Å². The molecule has 0 saturated carbocycles. The Morgan fingerprint density at radius 3 is 2.22 bits per heavy atom. The van der Waals surface area contributed by atoms with E-state index in [-0.39, 0.29) is 11.6 Å². The van der Waals surface area contributed by atoms with Crippen LogP contribution < -0.4 is 11.5 Å². The lowest BCUT2D eigenvalue weighted by atomic mass is 9.77. The fourth-order valence-electron chi connectivity index (χ4n) is 2.43. The van der Waals surface area contributed by atoms with Crippen LogP contribution in [0.2, 0.25) is 0 Å². The molecule has 0 spiro atoms. The molecule has 0 fully saturated rings. The van der Waals surface area contributed by atoms with E-state index < -0.39 is 12.1 Å². The molecule has 4 heteroatoms. The van der Waals surface area contributed by atoms with Gasteiger partial charge in [-0.25, -0.2) is 0 Å². The third-order valence-electron chi connectivity index (χ3n) is 3.43. The van der Waals surface area contributed by atoms with Crippen molar-refractivity contribution in [2.45, 2.75) is 12.1 Å². The zero-order chi connectivity index (χ0) is 12.9. The Labute approximate surface area is 104 Å². The van der Waals surface area contributed by atoms with Crippen molar-refractivity contribution in [3.05, 3.63) is 58.7 Å². The van der Waals surface area contributed by atoms with Crippen molar-refractivity contribution in [3.63, 3.8) is 0 Å². The molecule has 0 saturated heterocycles. The highest BCUT2D eigenvalue weighted by Crippen LogP contribution is 2.31. The summed E-state index contributed by atoms with van der Waals surface area (Å²) >= 11 is 0. The van der Waals surface area contributed by atoms with Crippen LogP contribution in [-0.2, 0) is 0 Å². The maximum atomic E-state index is 12.4. The van der Waals surface area contributed by atoms with E-state index in [1.807, 2.05) is 0 Å². The third-order valence-corrected chi connectivity index (χ3v) is 3.43. The Morgan fingerprint density at radius 2 is 1.56 bits per heavy atom. The molecule has 0 heterocycles. The quantitative estimate of drug-likeness (QED) is 0.694. The van der Waals surface area contributed by atoms with Crippen molar-refractivity contribution in [2.24, 2.45) is 11.5 Å². The number of benzene rings is 1. The molecule has 90 valence electrons. The summed E-state index contributed by atoms with van der Waals surface area (Å²) in [7, 11) is 0. The molecular weight excluding hydrogens is 228 g/mol. The number of nitrogens with two attached hydrogens (primary N) is 2. The fraction of sp³-hybridized carbons (Fsp3) is 0.143. The van der Waals surface area contributed by atoms with E-state index in [1.54, 1.807) is 36.4 Å². The van der Waals surface area contributed by atoms with Crippen LogP contribution in [0.25, 0.3) is 0 Å². The summed E-state index contributed by atoms with van der Waals surface area (Å²) < 4.78 is 0. The topological polar surface area (TPSA) is 86.2 Å². The smallest absolute Gasteiger partial charge is 0.194 e. The molecule has 0 bridgehead atoms. The van der Waals surface area contributed by atoms with Gasteiger partial charge in [-0.15, -0.1) is 0 Å². The van der Waals surface area contributed by atoms with E-state index in [0.29, 0.717) is 22.3 Å². The van der Waals surface area contributed by atoms with Gasteiger partial charge < -0.3 is 11.5 Å². The minimum Gasteiger partial charge on any atom is -0.323 e. The second-order valence-corrected chi connectivity index (χ2v) is 4.49. The van der Waals surface area contributed by atoms with Crippen LogP contribution in [0.4, 0.5) is 0 Å². The minimum absolute atomic E-state index is 0.154. The first kappa shape index (κ1) is 11.1. The first-order valence-electron chi connectivity index (χ1n) is 5.73. The van der Waals surface area contributed by atoms with E-state index in [4.69, 9.17) is 11.5 Å². The molecule has 1 aromatic rings. The van der Waals surface area contributed by atoms with Gasteiger partial charge in [0.05, 0.1) is 6.04 Å². The molecule has 3 rings (SSSR count). The van der Waals surface area contributed by atoms with Crippen LogP contribution >= 0.6 is 0 Å². The standard InChI is InChI=1S/C14H12N2O2/c15-10-6-5-9-11(12(10)16)14(18)8-4-2-1-3-7(8)13(9)17/h1-6,10,12H,15-16H2. The van der Waals surface area contributed by atoms with E-state index in [9.17, 15) is 9.59 Å². The van der Waals surface area contributed by atoms with Crippen LogP contribution in [0.1, 0.15) is 20.7 Å². The number of carbonyl (C=O) groups excluding carboxylic acids is 2. The van der Waals surface area contributed by atoms with Crippen molar-refractivity contribution in [1.82, 2.24) is 0 Å². The summed E-state index contributed by atoms with van der Waals surface area (Å²) in [5, 5.41) is 0. The number of hydrogen-bond acceptors (Lipinski definition) is 4. The average molecular weight is 240 g/mol. The summed E-state index contributed by atoms with van der Waals surface area (Å²) in [6.45, 7) is 0. The van der Waals surface area contributed by atoms with Crippen molar-refractivity contribution in [1.29, 1.82) is 0 Å². The molecule has 0 aromatic heterocycles. The highest BCUT2D eigenvalue weighted by Gasteiger charge is 2.36. The zero-order valence-electron chi connectivity index (χ0n) is 9.59. The first-order valence-corrected chi connectivity index (χ1v) is 5.73. The van der Waals surface area contributed by atoms with E-state index in [1.165, 1.54) is 0 Å². The largest absolute Gasteiger partial charge is 0.323 e. The molecule has 4 nitrogen and oxygen atoms in total. The summed E-state index contributed by atoms with van der Waals surface area (Å²) in [5.74, 6) is -0.341. The summed E-state index contributed by atoms with van der Waals surface area (Å²) in [6, 6.07) is 5.75. The molecule has 2 aliphatic rings. The number of fused-ring (bicyclic) bond motifs is 1. The average Bonchev–Trinajstić information content (AvgIpc) is 2.39. The van der Waals surface area contributed by atoms with Gasteiger partial charge in [0.25, 0.3) is 0 Å². The Hall–Kier alpha value is -2.04. The van der Waals surface area contributed by atoms with Crippen LogP contribution in [0.5, 0.6) is 0 Å². The maximum Gasteiger partial charge on any atom is 0.194 e. The van der Waals surface area contributed by atoms with Crippen molar-refractivity contribution in [2.75, 3.05) is 0 Å². The Bertz CT molecular complexity index is 628. The van der Waals surface area contributed by atoms with Crippen molar-refractivity contribution in [3.8, 4) is 0 Å². The van der Waals surface area contributed by atoms with E-state index in [2.05, 4.69) is 0 Å². The molecule has 0 aliphatic heterocycles. The van der Waals surface area contributed by atoms with Gasteiger partial charge >= 0.3 is 0 Å². The van der Waals surface area contributed by atoms with Crippen LogP contribution in [-0.4, -0.2) is 23.7 Å². The number of carbonyl (C=O) groups is 2.